The van der Waals surface area contributed by atoms with Crippen molar-refractivity contribution >= 4 is 0 Å². The number of nitrogens with zero attached hydrogens (tertiary/aromatic N) is 2. The second-order valence-corrected chi connectivity index (χ2v) is 5.97. The smallest absolute Gasteiger partial charge is 0.0270 e. The summed E-state index contributed by atoms with van der Waals surface area (Å²) in [6.07, 6.45) is 4.74. The Morgan fingerprint density at radius 2 is 1.76 bits per heavy atom. The highest BCUT2D eigenvalue weighted by Gasteiger charge is 2.26. The molecule has 1 aromatic heterocycles. The van der Waals surface area contributed by atoms with Gasteiger partial charge >= 0.3 is 0 Å². The Morgan fingerprint density at radius 1 is 1.10 bits per heavy atom. The van der Waals surface area contributed by atoms with Gasteiger partial charge in [-0.05, 0) is 36.7 Å². The lowest BCUT2D eigenvalue weighted by molar-refractivity contribution is 0.262. The van der Waals surface area contributed by atoms with Gasteiger partial charge in [0.1, 0.15) is 0 Å². The summed E-state index contributed by atoms with van der Waals surface area (Å²) in [4.78, 5) is 6.42. The van der Waals surface area contributed by atoms with Crippen LogP contribution in [0.5, 0.6) is 0 Å². The first kappa shape index (κ1) is 15.7. The molecule has 3 heteroatoms. The van der Waals surface area contributed by atoms with Gasteiger partial charge in [-0.15, -0.1) is 0 Å². The molecule has 0 aliphatic carbocycles. The van der Waals surface area contributed by atoms with Crippen LogP contribution < -0.4 is 5.73 Å². The minimum Gasteiger partial charge on any atom is -0.330 e. The molecule has 0 radical (unpaired) electrons. The average Bonchev–Trinajstić information content (AvgIpc) is 2.54. The Bertz CT molecular complexity index is 527. The van der Waals surface area contributed by atoms with Crippen molar-refractivity contribution in [2.24, 2.45) is 5.73 Å². The van der Waals surface area contributed by atoms with Crippen molar-refractivity contribution in [3.63, 3.8) is 0 Å². The first-order valence-corrected chi connectivity index (χ1v) is 7.47. The summed E-state index contributed by atoms with van der Waals surface area (Å²) < 4.78 is 0. The van der Waals surface area contributed by atoms with Crippen LogP contribution in [0.25, 0.3) is 0 Å². The zero-order valence-electron chi connectivity index (χ0n) is 13.0. The maximum Gasteiger partial charge on any atom is 0.0270 e. The molecule has 0 saturated carbocycles. The predicted molar refractivity (Wildman–Crippen MR) is 88.3 cm³/mol. The van der Waals surface area contributed by atoms with E-state index in [9.17, 15) is 0 Å². The number of likely N-dealkylation sites (N-methyl/N-ethyl adjacent to an activating group) is 1. The summed E-state index contributed by atoms with van der Waals surface area (Å²) >= 11 is 0. The van der Waals surface area contributed by atoms with Gasteiger partial charge < -0.3 is 10.6 Å². The van der Waals surface area contributed by atoms with Crippen molar-refractivity contribution in [2.75, 3.05) is 26.7 Å². The molecule has 0 aliphatic rings. The minimum atomic E-state index is -0.00570. The van der Waals surface area contributed by atoms with E-state index in [1.54, 1.807) is 0 Å². The van der Waals surface area contributed by atoms with Crippen LogP contribution in [0.4, 0.5) is 0 Å². The van der Waals surface area contributed by atoms with Crippen molar-refractivity contribution < 1.29 is 0 Å². The predicted octanol–water partition coefficient (Wildman–Crippen LogP) is 2.47. The van der Waals surface area contributed by atoms with E-state index in [1.165, 1.54) is 11.1 Å². The third-order valence-corrected chi connectivity index (χ3v) is 4.07. The van der Waals surface area contributed by atoms with Crippen LogP contribution in [0.1, 0.15) is 18.1 Å². The number of aromatic nitrogens is 1. The Balaban J connectivity index is 1.95. The monoisotopic (exact) mass is 283 g/mol. The third kappa shape index (κ3) is 4.38. The fourth-order valence-corrected chi connectivity index (χ4v) is 2.66. The fourth-order valence-electron chi connectivity index (χ4n) is 2.66. The molecule has 2 aromatic rings. The van der Waals surface area contributed by atoms with E-state index in [0.717, 1.165) is 19.5 Å². The zero-order chi connectivity index (χ0) is 15.1. The lowest BCUT2D eigenvalue weighted by Gasteiger charge is -2.33. The number of benzene rings is 1. The number of nitrogens with two attached hydrogens (primary N) is 1. The molecule has 1 unspecified atom stereocenters. The van der Waals surface area contributed by atoms with Crippen LogP contribution in [0.3, 0.4) is 0 Å². The fraction of sp³-hybridized carbons (Fsp3) is 0.389. The van der Waals surface area contributed by atoms with Crippen molar-refractivity contribution in [1.29, 1.82) is 0 Å². The Labute approximate surface area is 127 Å². The largest absolute Gasteiger partial charge is 0.330 e. The maximum atomic E-state index is 6.06. The van der Waals surface area contributed by atoms with E-state index in [4.69, 9.17) is 5.73 Å². The number of hydrogen-bond acceptors (Lipinski definition) is 3. The molecule has 1 aromatic carbocycles. The van der Waals surface area contributed by atoms with Crippen LogP contribution in [-0.4, -0.2) is 36.6 Å². The van der Waals surface area contributed by atoms with Gasteiger partial charge in [-0.2, -0.15) is 0 Å². The van der Waals surface area contributed by atoms with E-state index in [1.807, 2.05) is 18.5 Å². The molecule has 0 fully saturated rings. The second-order valence-electron chi connectivity index (χ2n) is 5.97. The van der Waals surface area contributed by atoms with Gasteiger partial charge in [0.2, 0.25) is 0 Å². The molecular formula is C18H25N3. The summed E-state index contributed by atoms with van der Waals surface area (Å²) in [5, 5.41) is 0. The maximum absolute atomic E-state index is 6.06. The highest BCUT2D eigenvalue weighted by Crippen LogP contribution is 2.23. The van der Waals surface area contributed by atoms with Gasteiger partial charge in [0, 0.05) is 37.4 Å². The Kier molecular flexibility index (Phi) is 5.48. The van der Waals surface area contributed by atoms with Gasteiger partial charge in [0.05, 0.1) is 0 Å². The van der Waals surface area contributed by atoms with Gasteiger partial charge in [-0.1, -0.05) is 37.3 Å². The molecule has 2 N–H and O–H groups in total. The Morgan fingerprint density at radius 3 is 2.38 bits per heavy atom. The number of pyridine rings is 1. The molecule has 1 atom stereocenters. The molecule has 0 saturated heterocycles. The normalized spacial score (nSPS) is 14.1. The highest BCUT2D eigenvalue weighted by atomic mass is 15.1. The van der Waals surface area contributed by atoms with E-state index >= 15 is 0 Å². The second kappa shape index (κ2) is 7.34. The lowest BCUT2D eigenvalue weighted by atomic mass is 9.82. The first-order chi connectivity index (χ1) is 10.1. The first-order valence-electron chi connectivity index (χ1n) is 7.47. The van der Waals surface area contributed by atoms with Crippen LogP contribution in [0.2, 0.25) is 0 Å². The number of rotatable bonds is 7. The van der Waals surface area contributed by atoms with Gasteiger partial charge in [-0.3, -0.25) is 4.98 Å². The van der Waals surface area contributed by atoms with Crippen molar-refractivity contribution in [2.45, 2.75) is 18.8 Å². The van der Waals surface area contributed by atoms with E-state index in [2.05, 4.69) is 60.3 Å². The van der Waals surface area contributed by atoms with E-state index < -0.39 is 0 Å². The van der Waals surface area contributed by atoms with Crippen LogP contribution in [0.15, 0.2) is 54.9 Å². The molecular weight excluding hydrogens is 258 g/mol. The van der Waals surface area contributed by atoms with Gasteiger partial charge in [-0.25, -0.2) is 0 Å². The Hall–Kier alpha value is -1.71. The quantitative estimate of drug-likeness (QED) is 0.849. The summed E-state index contributed by atoms with van der Waals surface area (Å²) in [6, 6.07) is 14.7. The van der Waals surface area contributed by atoms with Crippen molar-refractivity contribution in [1.82, 2.24) is 9.88 Å². The topological polar surface area (TPSA) is 42.2 Å². The van der Waals surface area contributed by atoms with Gasteiger partial charge in [0.15, 0.2) is 0 Å². The van der Waals surface area contributed by atoms with E-state index in [0.29, 0.717) is 6.54 Å². The highest BCUT2D eigenvalue weighted by molar-refractivity contribution is 5.25. The van der Waals surface area contributed by atoms with Gasteiger partial charge in [0.25, 0.3) is 0 Å². The molecule has 2 rings (SSSR count). The molecule has 3 nitrogen and oxygen atoms in total. The summed E-state index contributed by atoms with van der Waals surface area (Å²) in [6.45, 7) is 4.87. The molecule has 112 valence electrons. The zero-order valence-corrected chi connectivity index (χ0v) is 13.0. The summed E-state index contributed by atoms with van der Waals surface area (Å²) in [5.74, 6) is 0. The molecule has 1 heterocycles. The molecule has 0 amide bonds. The minimum absolute atomic E-state index is 0.00570. The van der Waals surface area contributed by atoms with Crippen molar-refractivity contribution in [3.8, 4) is 0 Å². The summed E-state index contributed by atoms with van der Waals surface area (Å²) in [5.41, 5.74) is 8.69. The van der Waals surface area contributed by atoms with E-state index in [-0.39, 0.29) is 5.41 Å². The van der Waals surface area contributed by atoms with Crippen LogP contribution >= 0.6 is 0 Å². The van der Waals surface area contributed by atoms with Crippen LogP contribution in [-0.2, 0) is 11.8 Å². The molecule has 21 heavy (non-hydrogen) atoms. The molecule has 0 aliphatic heterocycles. The van der Waals surface area contributed by atoms with Crippen LogP contribution in [0, 0.1) is 0 Å². The average molecular weight is 283 g/mol. The third-order valence-electron chi connectivity index (χ3n) is 4.07. The molecule has 0 bridgehead atoms. The SMILES string of the molecule is CN(CCc1ccncc1)CC(C)(CN)c1ccccc1. The summed E-state index contributed by atoms with van der Waals surface area (Å²) in [7, 11) is 2.16. The lowest BCUT2D eigenvalue weighted by Crippen LogP contribution is -2.43. The standard InChI is InChI=1S/C18H25N3/c1-18(14-19,17-6-4-3-5-7-17)15-21(2)13-10-16-8-11-20-12-9-16/h3-9,11-12H,10,13-15,19H2,1-2H3. The number of hydrogen-bond donors (Lipinski definition) is 1. The van der Waals surface area contributed by atoms with Crippen molar-refractivity contribution in [3.05, 3.63) is 66.0 Å². The molecule has 0 spiro atoms.